The average molecular weight is 426 g/mol. The minimum Gasteiger partial charge on any atom is -0.453 e. The molecule has 1 aromatic carbocycles. The molecule has 1 atom stereocenters. The summed E-state index contributed by atoms with van der Waals surface area (Å²) in [6, 6.07) is 7.07. The smallest absolute Gasteiger partial charge is 0.201 e. The first-order chi connectivity index (χ1) is 14.3. The monoisotopic (exact) mass is 425 g/mol. The highest BCUT2D eigenvalue weighted by Crippen LogP contribution is 2.50. The van der Waals surface area contributed by atoms with Crippen molar-refractivity contribution in [1.29, 1.82) is 0 Å². The standard InChI is InChI=1S/C25H32FNO2Si/c1-15(2)30(16(3)4,17(5)6)29-22-12-8-11-21-23-18(13-14-27-24(22)23)19-9-7-10-20(26)25(19)28-21/h7,9-11,13-17,22H,8,12H2,1-6H3/t22-/m1/s1. The number of hydrogen-bond acceptors (Lipinski definition) is 3. The second kappa shape index (κ2) is 7.93. The third kappa shape index (κ3) is 3.23. The molecule has 2 aromatic rings. The summed E-state index contributed by atoms with van der Waals surface area (Å²) in [6.07, 6.45) is 5.50. The van der Waals surface area contributed by atoms with E-state index in [-0.39, 0.29) is 11.9 Å². The van der Waals surface area contributed by atoms with Crippen molar-refractivity contribution >= 4 is 14.1 Å². The summed E-state index contributed by atoms with van der Waals surface area (Å²) >= 11 is 0. The van der Waals surface area contributed by atoms with Crippen LogP contribution in [-0.2, 0) is 4.43 Å². The van der Waals surface area contributed by atoms with Crippen LogP contribution in [-0.4, -0.2) is 13.3 Å². The Hall–Kier alpha value is -1.98. The van der Waals surface area contributed by atoms with Crippen LogP contribution in [0.1, 0.15) is 71.7 Å². The topological polar surface area (TPSA) is 31.4 Å². The van der Waals surface area contributed by atoms with Gasteiger partial charge in [-0.1, -0.05) is 53.7 Å². The van der Waals surface area contributed by atoms with E-state index in [0.717, 1.165) is 35.2 Å². The van der Waals surface area contributed by atoms with Crippen molar-refractivity contribution in [2.75, 3.05) is 0 Å². The van der Waals surface area contributed by atoms with Gasteiger partial charge in [0.25, 0.3) is 0 Å². The summed E-state index contributed by atoms with van der Waals surface area (Å²) in [6.45, 7) is 13.8. The van der Waals surface area contributed by atoms with E-state index in [4.69, 9.17) is 14.1 Å². The van der Waals surface area contributed by atoms with Crippen LogP contribution in [0, 0.1) is 5.82 Å². The van der Waals surface area contributed by atoms with Crippen LogP contribution in [0.25, 0.3) is 16.9 Å². The maximum atomic E-state index is 14.5. The van der Waals surface area contributed by atoms with Crippen molar-refractivity contribution < 1.29 is 13.6 Å². The fourth-order valence-corrected chi connectivity index (χ4v) is 11.1. The third-order valence-corrected chi connectivity index (χ3v) is 12.9. The third-order valence-electron chi connectivity index (χ3n) is 6.81. The van der Waals surface area contributed by atoms with Gasteiger partial charge in [0.15, 0.2) is 11.6 Å². The SMILES string of the molecule is CC(C)[Si](O[C@@H]1CCC=C2Oc3c(F)cccc3-c3ccnc1c32)(C(C)C)C(C)C. The molecule has 0 N–H and O–H groups in total. The zero-order valence-corrected chi connectivity index (χ0v) is 19.8. The summed E-state index contributed by atoms with van der Waals surface area (Å²) in [5.41, 5.74) is 5.17. The Morgan fingerprint density at radius 1 is 1.03 bits per heavy atom. The molecule has 30 heavy (non-hydrogen) atoms. The molecule has 0 amide bonds. The molecule has 160 valence electrons. The second-order valence-corrected chi connectivity index (χ2v) is 14.8. The Kier molecular flexibility index (Phi) is 5.62. The van der Waals surface area contributed by atoms with Crippen LogP contribution in [0.5, 0.6) is 5.75 Å². The average Bonchev–Trinajstić information content (AvgIpc) is 2.86. The predicted octanol–water partition coefficient (Wildman–Crippen LogP) is 7.65. The van der Waals surface area contributed by atoms with Crippen LogP contribution in [0.3, 0.4) is 0 Å². The molecule has 0 spiro atoms. The number of aromatic nitrogens is 1. The van der Waals surface area contributed by atoms with Gasteiger partial charge in [0.05, 0.1) is 11.8 Å². The number of hydrogen-bond donors (Lipinski definition) is 0. The van der Waals surface area contributed by atoms with Gasteiger partial charge in [-0.05, 0) is 53.2 Å². The van der Waals surface area contributed by atoms with Crippen molar-refractivity contribution in [1.82, 2.24) is 4.98 Å². The molecule has 0 saturated heterocycles. The Balaban J connectivity index is 1.85. The van der Waals surface area contributed by atoms with Gasteiger partial charge in [-0.2, -0.15) is 0 Å². The molecule has 0 radical (unpaired) electrons. The van der Waals surface area contributed by atoms with Crippen LogP contribution < -0.4 is 4.74 Å². The lowest BCUT2D eigenvalue weighted by Gasteiger charge is -2.44. The summed E-state index contributed by atoms with van der Waals surface area (Å²) in [5, 5.41) is 0. The minimum absolute atomic E-state index is 0.0775. The van der Waals surface area contributed by atoms with E-state index in [1.165, 1.54) is 6.07 Å². The van der Waals surface area contributed by atoms with Crippen LogP contribution >= 0.6 is 0 Å². The van der Waals surface area contributed by atoms with Crippen LogP contribution in [0.2, 0.25) is 16.6 Å². The number of ether oxygens (including phenoxy) is 1. The molecule has 3 nitrogen and oxygen atoms in total. The molecule has 2 heterocycles. The van der Waals surface area contributed by atoms with Gasteiger partial charge >= 0.3 is 0 Å². The molecule has 0 bridgehead atoms. The van der Waals surface area contributed by atoms with E-state index in [2.05, 4.69) is 47.6 Å². The molecule has 5 heteroatoms. The maximum absolute atomic E-state index is 14.5. The summed E-state index contributed by atoms with van der Waals surface area (Å²) < 4.78 is 27.7. The van der Waals surface area contributed by atoms with Crippen LogP contribution in [0.15, 0.2) is 36.5 Å². The molecular weight excluding hydrogens is 393 g/mol. The van der Waals surface area contributed by atoms with E-state index >= 15 is 0 Å². The number of pyridine rings is 1. The lowest BCUT2D eigenvalue weighted by atomic mass is 9.93. The molecular formula is C25H32FNO2Si. The highest BCUT2D eigenvalue weighted by atomic mass is 28.4. The normalized spacial score (nSPS) is 18.1. The van der Waals surface area contributed by atoms with E-state index in [1.54, 1.807) is 6.07 Å². The van der Waals surface area contributed by atoms with Gasteiger partial charge in [0, 0.05) is 17.3 Å². The van der Waals surface area contributed by atoms with Crippen molar-refractivity contribution in [3.8, 4) is 16.9 Å². The second-order valence-electron chi connectivity index (χ2n) is 9.41. The van der Waals surface area contributed by atoms with Crippen molar-refractivity contribution in [2.45, 2.75) is 77.1 Å². The van der Waals surface area contributed by atoms with Crippen molar-refractivity contribution in [2.24, 2.45) is 0 Å². The molecule has 1 aliphatic carbocycles. The quantitative estimate of drug-likeness (QED) is 0.461. The van der Waals surface area contributed by atoms with E-state index in [9.17, 15) is 4.39 Å². The Morgan fingerprint density at radius 2 is 1.73 bits per heavy atom. The van der Waals surface area contributed by atoms with E-state index in [0.29, 0.717) is 28.1 Å². The summed E-state index contributed by atoms with van der Waals surface area (Å²) in [4.78, 5) is 4.79. The number of fused-ring (bicyclic) bond motifs is 2. The van der Waals surface area contributed by atoms with Gasteiger partial charge in [-0.15, -0.1) is 0 Å². The lowest BCUT2D eigenvalue weighted by Crippen LogP contribution is -2.48. The van der Waals surface area contributed by atoms with Gasteiger partial charge in [-0.25, -0.2) is 4.39 Å². The number of nitrogens with zero attached hydrogens (tertiary/aromatic N) is 1. The molecule has 0 saturated carbocycles. The van der Waals surface area contributed by atoms with Gasteiger partial charge in [0.2, 0.25) is 8.32 Å². The first kappa shape index (κ1) is 21.3. The molecule has 1 aromatic heterocycles. The fourth-order valence-electron chi connectivity index (χ4n) is 5.61. The van der Waals surface area contributed by atoms with Gasteiger partial charge in [0.1, 0.15) is 5.76 Å². The minimum atomic E-state index is -2.08. The number of rotatable bonds is 5. The van der Waals surface area contributed by atoms with Gasteiger partial charge < -0.3 is 9.16 Å². The number of allylic oxidation sites excluding steroid dienone is 1. The van der Waals surface area contributed by atoms with E-state index < -0.39 is 8.32 Å². The summed E-state index contributed by atoms with van der Waals surface area (Å²) in [7, 11) is -2.08. The Labute approximate surface area is 180 Å². The number of benzene rings is 1. The zero-order chi connectivity index (χ0) is 21.6. The highest BCUT2D eigenvalue weighted by molar-refractivity contribution is 6.77. The van der Waals surface area contributed by atoms with Crippen molar-refractivity contribution in [3.63, 3.8) is 0 Å². The van der Waals surface area contributed by atoms with Crippen LogP contribution in [0.4, 0.5) is 4.39 Å². The van der Waals surface area contributed by atoms with Crippen molar-refractivity contribution in [3.05, 3.63) is 53.6 Å². The highest BCUT2D eigenvalue weighted by Gasteiger charge is 2.47. The number of para-hydroxylation sites is 1. The predicted molar refractivity (Wildman–Crippen MR) is 122 cm³/mol. The molecule has 0 unspecified atom stereocenters. The van der Waals surface area contributed by atoms with E-state index in [1.807, 2.05) is 18.3 Å². The number of halogens is 1. The lowest BCUT2D eigenvalue weighted by molar-refractivity contribution is 0.163. The molecule has 1 aliphatic heterocycles. The first-order valence-corrected chi connectivity index (χ1v) is 13.2. The molecule has 4 rings (SSSR count). The summed E-state index contributed by atoms with van der Waals surface area (Å²) in [5.74, 6) is 0.686. The Bertz CT molecular complexity index is 961. The maximum Gasteiger partial charge on any atom is 0.201 e. The largest absolute Gasteiger partial charge is 0.453 e. The fraction of sp³-hybridized carbons (Fsp3) is 0.480. The zero-order valence-electron chi connectivity index (χ0n) is 18.8. The first-order valence-electron chi connectivity index (χ1n) is 11.1. The molecule has 0 fully saturated rings. The van der Waals surface area contributed by atoms with Gasteiger partial charge in [-0.3, -0.25) is 4.98 Å². The molecule has 2 aliphatic rings. The Morgan fingerprint density at radius 3 is 2.40 bits per heavy atom.